The van der Waals surface area contributed by atoms with Crippen LogP contribution < -0.4 is 0 Å². The number of carboxylic acid groups (broad SMARTS) is 1. The molecule has 25 heavy (non-hydrogen) atoms. The first kappa shape index (κ1) is 16.2. The zero-order valence-corrected chi connectivity index (χ0v) is 14.5. The van der Waals surface area contributed by atoms with Crippen molar-refractivity contribution in [2.24, 2.45) is 11.8 Å². The lowest BCUT2D eigenvalue weighted by Crippen LogP contribution is -2.43. The summed E-state index contributed by atoms with van der Waals surface area (Å²) < 4.78 is 2.14. The van der Waals surface area contributed by atoms with Crippen LogP contribution in [0.1, 0.15) is 31.7 Å². The molecule has 1 aliphatic heterocycles. The van der Waals surface area contributed by atoms with Crippen molar-refractivity contribution >= 4 is 22.8 Å². The molecule has 0 bridgehead atoms. The van der Waals surface area contributed by atoms with E-state index < -0.39 is 12.0 Å². The predicted octanol–water partition coefficient (Wildman–Crippen LogP) is 2.92. The van der Waals surface area contributed by atoms with Crippen LogP contribution >= 0.6 is 0 Å². The normalized spacial score (nSPS) is 25.5. The average Bonchev–Trinajstić information content (AvgIpc) is 3.27. The van der Waals surface area contributed by atoms with Crippen molar-refractivity contribution in [3.63, 3.8) is 0 Å². The molecule has 132 valence electrons. The number of aromatic nitrogens is 1. The number of rotatable bonds is 4. The van der Waals surface area contributed by atoms with Gasteiger partial charge in [-0.15, -0.1) is 0 Å². The van der Waals surface area contributed by atoms with Crippen LogP contribution in [0.2, 0.25) is 0 Å². The van der Waals surface area contributed by atoms with E-state index in [1.807, 2.05) is 24.4 Å². The van der Waals surface area contributed by atoms with Gasteiger partial charge in [0.1, 0.15) is 6.04 Å². The van der Waals surface area contributed by atoms with Gasteiger partial charge in [0.2, 0.25) is 5.91 Å². The first-order valence-electron chi connectivity index (χ1n) is 9.19. The number of aliphatic carboxylic acids is 1. The lowest BCUT2D eigenvalue weighted by atomic mass is 9.94. The standard InChI is InChI=1S/C20H24N2O3/c1-2-21-11-14(15-7-3-4-9-17(15)21)10-18(23)22-12-13-6-5-8-16(13)19(22)20(24)25/h3-4,7,9,11,13,16,19H,2,5-6,8,10,12H2,1H3,(H,24,25). The molecule has 4 rings (SSSR count). The molecule has 3 atom stereocenters. The quantitative estimate of drug-likeness (QED) is 0.931. The monoisotopic (exact) mass is 340 g/mol. The molecule has 0 radical (unpaired) electrons. The molecular weight excluding hydrogens is 316 g/mol. The van der Waals surface area contributed by atoms with Crippen LogP contribution in [0.15, 0.2) is 30.5 Å². The van der Waals surface area contributed by atoms with E-state index in [-0.39, 0.29) is 18.2 Å². The molecule has 2 fully saturated rings. The maximum Gasteiger partial charge on any atom is 0.326 e. The lowest BCUT2D eigenvalue weighted by Gasteiger charge is -2.24. The van der Waals surface area contributed by atoms with E-state index in [1.165, 1.54) is 0 Å². The summed E-state index contributed by atoms with van der Waals surface area (Å²) in [5.41, 5.74) is 2.12. The van der Waals surface area contributed by atoms with Crippen molar-refractivity contribution in [3.05, 3.63) is 36.0 Å². The number of likely N-dealkylation sites (tertiary alicyclic amines) is 1. The number of carbonyl (C=O) groups excluding carboxylic acids is 1. The summed E-state index contributed by atoms with van der Waals surface area (Å²) >= 11 is 0. The highest BCUT2D eigenvalue weighted by atomic mass is 16.4. The van der Waals surface area contributed by atoms with E-state index in [2.05, 4.69) is 17.6 Å². The number of aryl methyl sites for hydroxylation is 1. The Labute approximate surface area is 147 Å². The first-order valence-corrected chi connectivity index (χ1v) is 9.19. The van der Waals surface area contributed by atoms with Gasteiger partial charge < -0.3 is 14.6 Å². The van der Waals surface area contributed by atoms with Crippen LogP contribution in [0.4, 0.5) is 0 Å². The Morgan fingerprint density at radius 2 is 2.04 bits per heavy atom. The summed E-state index contributed by atoms with van der Waals surface area (Å²) in [4.78, 5) is 26.4. The van der Waals surface area contributed by atoms with Gasteiger partial charge in [-0.25, -0.2) is 4.79 Å². The summed E-state index contributed by atoms with van der Waals surface area (Å²) in [5.74, 6) is -0.403. The van der Waals surface area contributed by atoms with Crippen LogP contribution in [0.25, 0.3) is 10.9 Å². The van der Waals surface area contributed by atoms with E-state index in [9.17, 15) is 14.7 Å². The number of carbonyl (C=O) groups is 2. The van der Waals surface area contributed by atoms with E-state index in [0.29, 0.717) is 12.5 Å². The zero-order valence-electron chi connectivity index (χ0n) is 14.5. The SMILES string of the molecule is CCn1cc(CC(=O)N2CC3CCCC3C2C(=O)O)c2ccccc21. The second-order valence-corrected chi connectivity index (χ2v) is 7.32. The van der Waals surface area contributed by atoms with Gasteiger partial charge in [0.25, 0.3) is 0 Å². The molecule has 0 spiro atoms. The Kier molecular flexibility index (Phi) is 4.02. The van der Waals surface area contributed by atoms with Crippen LogP contribution in [0.3, 0.4) is 0 Å². The van der Waals surface area contributed by atoms with Gasteiger partial charge >= 0.3 is 5.97 Å². The second-order valence-electron chi connectivity index (χ2n) is 7.32. The van der Waals surface area contributed by atoms with Gasteiger partial charge in [-0.2, -0.15) is 0 Å². The number of para-hydroxylation sites is 1. The van der Waals surface area contributed by atoms with E-state index in [4.69, 9.17) is 0 Å². The fraction of sp³-hybridized carbons (Fsp3) is 0.500. The topological polar surface area (TPSA) is 62.5 Å². The minimum atomic E-state index is -0.848. The van der Waals surface area contributed by atoms with Crippen molar-refractivity contribution in [1.29, 1.82) is 0 Å². The maximum atomic E-state index is 13.0. The molecule has 5 heteroatoms. The minimum absolute atomic E-state index is 0.0548. The average molecular weight is 340 g/mol. The predicted molar refractivity (Wildman–Crippen MR) is 95.3 cm³/mol. The Morgan fingerprint density at radius 3 is 2.80 bits per heavy atom. The van der Waals surface area contributed by atoms with Crippen LogP contribution in [0, 0.1) is 11.8 Å². The molecule has 2 aliphatic rings. The van der Waals surface area contributed by atoms with Crippen LogP contribution in [0.5, 0.6) is 0 Å². The number of fused-ring (bicyclic) bond motifs is 2. The number of nitrogens with zero attached hydrogens (tertiary/aromatic N) is 2. The Hall–Kier alpha value is -2.30. The second kappa shape index (κ2) is 6.21. The van der Waals surface area contributed by atoms with Gasteiger partial charge in [0, 0.05) is 30.2 Å². The molecule has 5 nitrogen and oxygen atoms in total. The fourth-order valence-corrected chi connectivity index (χ4v) is 4.87. The molecule has 2 heterocycles. The highest BCUT2D eigenvalue weighted by molar-refractivity contribution is 5.91. The van der Waals surface area contributed by atoms with Gasteiger partial charge in [0.05, 0.1) is 6.42 Å². The first-order chi connectivity index (χ1) is 12.1. The Balaban J connectivity index is 1.61. The molecule has 3 unspecified atom stereocenters. The summed E-state index contributed by atoms with van der Waals surface area (Å²) in [5, 5.41) is 10.7. The molecular formula is C20H24N2O3. The third-order valence-electron chi connectivity index (χ3n) is 6.02. The van der Waals surface area contributed by atoms with Gasteiger partial charge in [-0.3, -0.25) is 4.79 Å². The van der Waals surface area contributed by atoms with Crippen molar-refractivity contribution in [3.8, 4) is 0 Å². The van der Waals surface area contributed by atoms with Crippen molar-refractivity contribution < 1.29 is 14.7 Å². The van der Waals surface area contributed by atoms with Crippen molar-refractivity contribution in [2.75, 3.05) is 6.54 Å². The molecule has 1 aromatic heterocycles. The number of hydrogen-bond donors (Lipinski definition) is 1. The highest BCUT2D eigenvalue weighted by Gasteiger charge is 2.49. The largest absolute Gasteiger partial charge is 0.480 e. The molecule has 2 aromatic rings. The molecule has 1 aromatic carbocycles. The van der Waals surface area contributed by atoms with Gasteiger partial charge in [0.15, 0.2) is 0 Å². The lowest BCUT2D eigenvalue weighted by molar-refractivity contribution is -0.149. The van der Waals surface area contributed by atoms with E-state index >= 15 is 0 Å². The molecule has 1 saturated heterocycles. The highest BCUT2D eigenvalue weighted by Crippen LogP contribution is 2.42. The van der Waals surface area contributed by atoms with Crippen molar-refractivity contribution in [1.82, 2.24) is 9.47 Å². The van der Waals surface area contributed by atoms with Crippen LogP contribution in [-0.4, -0.2) is 39.0 Å². The maximum absolute atomic E-state index is 13.0. The van der Waals surface area contributed by atoms with Crippen molar-refractivity contribution in [2.45, 2.75) is 45.2 Å². The van der Waals surface area contributed by atoms with E-state index in [0.717, 1.165) is 42.3 Å². The summed E-state index contributed by atoms with van der Waals surface area (Å²) in [6.45, 7) is 3.54. The number of carboxylic acids is 1. The minimum Gasteiger partial charge on any atom is -0.480 e. The summed E-state index contributed by atoms with van der Waals surface area (Å²) in [6, 6.07) is 7.45. The fourth-order valence-electron chi connectivity index (χ4n) is 4.87. The zero-order chi connectivity index (χ0) is 17.6. The van der Waals surface area contributed by atoms with Gasteiger partial charge in [-0.05, 0) is 43.2 Å². The molecule has 1 saturated carbocycles. The number of amides is 1. The smallest absolute Gasteiger partial charge is 0.326 e. The molecule has 1 aliphatic carbocycles. The Bertz CT molecular complexity index is 825. The third-order valence-corrected chi connectivity index (χ3v) is 6.02. The summed E-state index contributed by atoms with van der Waals surface area (Å²) in [6.07, 6.45) is 5.38. The molecule has 1 N–H and O–H groups in total. The number of hydrogen-bond acceptors (Lipinski definition) is 2. The Morgan fingerprint density at radius 1 is 1.24 bits per heavy atom. The third kappa shape index (κ3) is 2.62. The van der Waals surface area contributed by atoms with E-state index in [1.54, 1.807) is 4.90 Å². The van der Waals surface area contributed by atoms with Gasteiger partial charge in [-0.1, -0.05) is 24.6 Å². The number of benzene rings is 1. The summed E-state index contributed by atoms with van der Waals surface area (Å²) in [7, 11) is 0. The molecule has 1 amide bonds. The van der Waals surface area contributed by atoms with Crippen LogP contribution in [-0.2, 0) is 22.6 Å².